The molecule has 1 aliphatic carbocycles. The van der Waals surface area contributed by atoms with Crippen molar-refractivity contribution in [1.29, 1.82) is 0 Å². The van der Waals surface area contributed by atoms with Gasteiger partial charge in [0.2, 0.25) is 0 Å². The van der Waals surface area contributed by atoms with E-state index in [0.717, 1.165) is 12.0 Å². The number of allylic oxidation sites excluding steroid dienone is 8. The predicted molar refractivity (Wildman–Crippen MR) is 82.6 cm³/mol. The number of rotatable bonds is 6. The molecule has 0 saturated carbocycles. The van der Waals surface area contributed by atoms with Crippen molar-refractivity contribution < 1.29 is 4.74 Å². The van der Waals surface area contributed by atoms with Crippen molar-refractivity contribution in [3.63, 3.8) is 0 Å². The number of hydrogen-bond acceptors (Lipinski definition) is 2. The first kappa shape index (κ1) is 15.3. The zero-order valence-electron chi connectivity index (χ0n) is 11.8. The summed E-state index contributed by atoms with van der Waals surface area (Å²) in [7, 11) is 0. The van der Waals surface area contributed by atoms with Crippen molar-refractivity contribution in [3.05, 3.63) is 72.6 Å². The second-order valence-corrected chi connectivity index (χ2v) is 4.33. The summed E-state index contributed by atoms with van der Waals surface area (Å²) in [5.41, 5.74) is 7.06. The summed E-state index contributed by atoms with van der Waals surface area (Å²) in [5.74, 6) is 0.615. The van der Waals surface area contributed by atoms with Crippen LogP contribution in [-0.4, -0.2) is 12.1 Å². The van der Waals surface area contributed by atoms with E-state index >= 15 is 0 Å². The second-order valence-electron chi connectivity index (χ2n) is 4.33. The molecule has 19 heavy (non-hydrogen) atoms. The fourth-order valence-electron chi connectivity index (χ4n) is 1.63. The third kappa shape index (κ3) is 5.58. The maximum atomic E-state index is 5.92. The van der Waals surface area contributed by atoms with Gasteiger partial charge in [0.1, 0.15) is 11.9 Å². The van der Waals surface area contributed by atoms with Gasteiger partial charge >= 0.3 is 0 Å². The topological polar surface area (TPSA) is 35.2 Å². The zero-order chi connectivity index (χ0) is 14.1. The highest BCUT2D eigenvalue weighted by atomic mass is 16.5. The van der Waals surface area contributed by atoms with E-state index in [1.165, 1.54) is 0 Å². The Morgan fingerprint density at radius 1 is 1.26 bits per heavy atom. The summed E-state index contributed by atoms with van der Waals surface area (Å²) in [6.45, 7) is 8.01. The summed E-state index contributed by atoms with van der Waals surface area (Å²) in [4.78, 5) is 0. The van der Waals surface area contributed by atoms with Crippen molar-refractivity contribution in [2.24, 2.45) is 5.73 Å². The molecule has 0 radical (unpaired) electrons. The maximum Gasteiger partial charge on any atom is 0.136 e. The molecule has 2 N–H and O–H groups in total. The van der Waals surface area contributed by atoms with E-state index in [0.29, 0.717) is 5.76 Å². The number of hydrogen-bond donors (Lipinski definition) is 1. The minimum Gasteiger partial charge on any atom is -0.485 e. The Kier molecular flexibility index (Phi) is 6.69. The minimum atomic E-state index is -0.137. The van der Waals surface area contributed by atoms with Crippen LogP contribution in [0.4, 0.5) is 0 Å². The van der Waals surface area contributed by atoms with Crippen LogP contribution in [0.3, 0.4) is 0 Å². The van der Waals surface area contributed by atoms with Crippen LogP contribution in [0.1, 0.15) is 20.3 Å². The standard InChI is InChI=1S/C17H23NO/c1-4-6-9-15(5-2)13-12-14(3)19-17-11-8-7-10-16(17)18/h5-13,16-17H,3-4,18H2,1-2H3/b9-6-,13-12+,15-5+/t16?,17-/m0/s1. The molecule has 2 atom stereocenters. The molecule has 0 fully saturated rings. The van der Waals surface area contributed by atoms with Crippen LogP contribution in [-0.2, 0) is 4.74 Å². The van der Waals surface area contributed by atoms with E-state index in [4.69, 9.17) is 10.5 Å². The molecular weight excluding hydrogens is 234 g/mol. The van der Waals surface area contributed by atoms with Gasteiger partial charge in [0.25, 0.3) is 0 Å². The van der Waals surface area contributed by atoms with Crippen LogP contribution in [0.25, 0.3) is 0 Å². The maximum absolute atomic E-state index is 5.92. The van der Waals surface area contributed by atoms with Crippen molar-refractivity contribution >= 4 is 0 Å². The number of ether oxygens (including phenoxy) is 1. The van der Waals surface area contributed by atoms with Gasteiger partial charge in [-0.05, 0) is 31.1 Å². The molecule has 102 valence electrons. The first-order chi connectivity index (χ1) is 9.17. The highest BCUT2D eigenvalue weighted by molar-refractivity contribution is 5.33. The molecule has 2 heteroatoms. The van der Waals surface area contributed by atoms with Gasteiger partial charge in [-0.25, -0.2) is 0 Å². The fraction of sp³-hybridized carbons (Fsp3) is 0.294. The van der Waals surface area contributed by atoms with Gasteiger partial charge in [-0.2, -0.15) is 0 Å². The fourth-order valence-corrected chi connectivity index (χ4v) is 1.63. The average Bonchev–Trinajstić information content (AvgIpc) is 2.41. The molecule has 0 aromatic rings. The molecule has 0 heterocycles. The third-order valence-electron chi connectivity index (χ3n) is 2.75. The first-order valence-corrected chi connectivity index (χ1v) is 6.64. The second kappa shape index (κ2) is 8.33. The predicted octanol–water partition coefficient (Wildman–Crippen LogP) is 3.81. The first-order valence-electron chi connectivity index (χ1n) is 6.64. The van der Waals surface area contributed by atoms with Crippen LogP contribution < -0.4 is 5.73 Å². The minimum absolute atomic E-state index is 0.115. The van der Waals surface area contributed by atoms with E-state index in [1.807, 2.05) is 49.5 Å². The molecule has 0 bridgehead atoms. The van der Waals surface area contributed by atoms with Crippen LogP contribution >= 0.6 is 0 Å². The van der Waals surface area contributed by atoms with E-state index in [-0.39, 0.29) is 12.1 Å². The summed E-state index contributed by atoms with van der Waals surface area (Å²) >= 11 is 0. The molecular formula is C17H23NO. The summed E-state index contributed by atoms with van der Waals surface area (Å²) < 4.78 is 5.71. The van der Waals surface area contributed by atoms with Crippen molar-refractivity contribution in [1.82, 2.24) is 0 Å². The number of nitrogens with two attached hydrogens (primary N) is 1. The van der Waals surface area contributed by atoms with Crippen molar-refractivity contribution in [2.45, 2.75) is 32.4 Å². The lowest BCUT2D eigenvalue weighted by Gasteiger charge is -2.21. The largest absolute Gasteiger partial charge is 0.485 e. The van der Waals surface area contributed by atoms with E-state index < -0.39 is 0 Å². The van der Waals surface area contributed by atoms with Gasteiger partial charge in [-0.3, -0.25) is 0 Å². The quantitative estimate of drug-likeness (QED) is 0.580. The Hall–Kier alpha value is -1.80. The third-order valence-corrected chi connectivity index (χ3v) is 2.75. The Bertz CT molecular complexity index is 438. The van der Waals surface area contributed by atoms with E-state index in [2.05, 4.69) is 25.7 Å². The zero-order valence-corrected chi connectivity index (χ0v) is 11.8. The molecule has 0 aromatic heterocycles. The molecule has 1 unspecified atom stereocenters. The molecule has 1 aliphatic rings. The molecule has 0 spiro atoms. The monoisotopic (exact) mass is 257 g/mol. The normalized spacial score (nSPS) is 23.4. The Morgan fingerprint density at radius 2 is 2.00 bits per heavy atom. The Labute approximate surface area is 116 Å². The SMILES string of the molecule is C=C(/C=C/C(/C=C\CC)=C/C)O[C@H]1C=CC=CC1N. The van der Waals surface area contributed by atoms with Crippen LogP contribution in [0.15, 0.2) is 72.6 Å². The van der Waals surface area contributed by atoms with E-state index in [9.17, 15) is 0 Å². The smallest absolute Gasteiger partial charge is 0.136 e. The van der Waals surface area contributed by atoms with Crippen LogP contribution in [0.2, 0.25) is 0 Å². The highest BCUT2D eigenvalue weighted by Crippen LogP contribution is 2.12. The van der Waals surface area contributed by atoms with Gasteiger partial charge < -0.3 is 10.5 Å². The van der Waals surface area contributed by atoms with Gasteiger partial charge in [0.15, 0.2) is 0 Å². The molecule has 0 aromatic carbocycles. The van der Waals surface area contributed by atoms with Gasteiger partial charge in [0.05, 0.1) is 6.04 Å². The Morgan fingerprint density at radius 3 is 2.63 bits per heavy atom. The van der Waals surface area contributed by atoms with E-state index in [1.54, 1.807) is 0 Å². The lowest BCUT2D eigenvalue weighted by molar-refractivity contribution is 0.153. The van der Waals surface area contributed by atoms with Crippen molar-refractivity contribution in [3.8, 4) is 0 Å². The molecule has 0 amide bonds. The summed E-state index contributed by atoms with van der Waals surface area (Å²) in [5, 5.41) is 0. The lowest BCUT2D eigenvalue weighted by atomic mass is 10.1. The van der Waals surface area contributed by atoms with Crippen LogP contribution in [0, 0.1) is 0 Å². The highest BCUT2D eigenvalue weighted by Gasteiger charge is 2.15. The van der Waals surface area contributed by atoms with Crippen molar-refractivity contribution in [2.75, 3.05) is 0 Å². The van der Waals surface area contributed by atoms with Gasteiger partial charge in [-0.15, -0.1) is 0 Å². The van der Waals surface area contributed by atoms with Gasteiger partial charge in [0, 0.05) is 0 Å². The molecule has 1 rings (SSSR count). The summed E-state index contributed by atoms with van der Waals surface area (Å²) in [6.07, 6.45) is 18.7. The average molecular weight is 257 g/mol. The van der Waals surface area contributed by atoms with Crippen LogP contribution in [0.5, 0.6) is 0 Å². The molecule has 0 saturated heterocycles. The molecule has 0 aliphatic heterocycles. The summed E-state index contributed by atoms with van der Waals surface area (Å²) in [6, 6.07) is -0.115. The Balaban J connectivity index is 2.53. The lowest BCUT2D eigenvalue weighted by Crippen LogP contribution is -2.34. The van der Waals surface area contributed by atoms with Gasteiger partial charge in [-0.1, -0.05) is 56.0 Å². The molecule has 2 nitrogen and oxygen atoms in total.